The molecule has 0 aliphatic carbocycles. The largest absolute Gasteiger partial charge is 0.496 e. The second-order valence-corrected chi connectivity index (χ2v) is 4.78. The summed E-state index contributed by atoms with van der Waals surface area (Å²) in [6, 6.07) is 2.33. The van der Waals surface area contributed by atoms with Gasteiger partial charge < -0.3 is 25.2 Å². The quantitative estimate of drug-likeness (QED) is 0.847. The molecule has 3 N–H and O–H groups in total. The van der Waals surface area contributed by atoms with E-state index in [9.17, 15) is 4.79 Å². The van der Waals surface area contributed by atoms with Crippen LogP contribution in [0, 0.1) is 0 Å². The third-order valence-electron chi connectivity index (χ3n) is 3.58. The van der Waals surface area contributed by atoms with Gasteiger partial charge in [-0.2, -0.15) is 0 Å². The Labute approximate surface area is 118 Å². The maximum absolute atomic E-state index is 11.1. The van der Waals surface area contributed by atoms with Crippen molar-refractivity contribution in [1.82, 2.24) is 0 Å². The summed E-state index contributed by atoms with van der Waals surface area (Å²) in [7, 11) is 3.07. The Morgan fingerprint density at radius 2 is 1.85 bits per heavy atom. The summed E-state index contributed by atoms with van der Waals surface area (Å²) in [4.78, 5) is 13.3. The molecule has 1 aromatic carbocycles. The van der Waals surface area contributed by atoms with E-state index in [1.165, 1.54) is 7.11 Å². The number of carboxylic acids is 1. The van der Waals surface area contributed by atoms with E-state index < -0.39 is 12.0 Å². The van der Waals surface area contributed by atoms with Crippen LogP contribution in [0.4, 0.5) is 5.69 Å². The molecule has 6 nitrogen and oxygen atoms in total. The first-order chi connectivity index (χ1) is 9.58. The van der Waals surface area contributed by atoms with Gasteiger partial charge in [0.2, 0.25) is 0 Å². The molecule has 110 valence electrons. The fourth-order valence-corrected chi connectivity index (χ4v) is 2.49. The van der Waals surface area contributed by atoms with Crippen LogP contribution in [0.3, 0.4) is 0 Å². The van der Waals surface area contributed by atoms with Crippen LogP contribution in [-0.2, 0) is 4.79 Å². The van der Waals surface area contributed by atoms with Gasteiger partial charge >= 0.3 is 5.97 Å². The molecule has 1 aliphatic rings. The number of rotatable bonds is 5. The lowest BCUT2D eigenvalue weighted by molar-refractivity contribution is -0.138. The first kappa shape index (κ1) is 14.5. The predicted octanol–water partition coefficient (Wildman–Crippen LogP) is 1.39. The maximum Gasteiger partial charge on any atom is 0.325 e. The van der Waals surface area contributed by atoms with E-state index in [2.05, 4.69) is 4.90 Å². The Bertz CT molecular complexity index is 498. The number of carboxylic acid groups (broad SMARTS) is 1. The fraction of sp³-hybridized carbons (Fsp3) is 0.500. The fourth-order valence-electron chi connectivity index (χ4n) is 2.49. The molecule has 1 aliphatic heterocycles. The molecular weight excluding hydrogens is 260 g/mol. The van der Waals surface area contributed by atoms with Crippen LogP contribution in [0.2, 0.25) is 0 Å². The summed E-state index contributed by atoms with van der Waals surface area (Å²) in [5.74, 6) is 0.00118. The Balaban J connectivity index is 2.47. The van der Waals surface area contributed by atoms with Crippen LogP contribution in [0.5, 0.6) is 11.5 Å². The lowest BCUT2D eigenvalue weighted by Crippen LogP contribution is -2.23. The van der Waals surface area contributed by atoms with Crippen LogP contribution < -0.4 is 20.1 Å². The molecule has 20 heavy (non-hydrogen) atoms. The molecule has 0 radical (unpaired) electrons. The number of ether oxygens (including phenoxy) is 2. The number of carbonyl (C=O) groups is 1. The van der Waals surface area contributed by atoms with Crippen molar-refractivity contribution in [3.63, 3.8) is 0 Å². The molecule has 0 unspecified atom stereocenters. The van der Waals surface area contributed by atoms with Crippen molar-refractivity contribution < 1.29 is 19.4 Å². The smallest absolute Gasteiger partial charge is 0.325 e. The molecule has 1 atom stereocenters. The first-order valence-corrected chi connectivity index (χ1v) is 6.57. The highest BCUT2D eigenvalue weighted by atomic mass is 16.5. The molecule has 0 aromatic heterocycles. The SMILES string of the molecule is COc1cc(N2CCCC2)c(OC)cc1[C@H](N)C(=O)O. The van der Waals surface area contributed by atoms with Crippen molar-refractivity contribution in [3.05, 3.63) is 17.7 Å². The number of methoxy groups -OCH3 is 2. The lowest BCUT2D eigenvalue weighted by atomic mass is 10.0. The zero-order valence-electron chi connectivity index (χ0n) is 11.8. The van der Waals surface area contributed by atoms with E-state index >= 15 is 0 Å². The summed E-state index contributed by atoms with van der Waals surface area (Å²) in [6.07, 6.45) is 2.28. The van der Waals surface area contributed by atoms with E-state index in [-0.39, 0.29) is 0 Å². The van der Waals surface area contributed by atoms with E-state index in [1.54, 1.807) is 13.2 Å². The van der Waals surface area contributed by atoms with Crippen LogP contribution in [0.25, 0.3) is 0 Å². The van der Waals surface area contributed by atoms with Crippen molar-refractivity contribution in [2.45, 2.75) is 18.9 Å². The monoisotopic (exact) mass is 280 g/mol. The lowest BCUT2D eigenvalue weighted by Gasteiger charge is -2.23. The molecule has 6 heteroatoms. The standard InChI is InChI=1S/C14H20N2O4/c1-19-11-8-10(16-5-3-4-6-16)12(20-2)7-9(11)13(15)14(17)18/h7-8,13H,3-6,15H2,1-2H3,(H,17,18)/t13-/m0/s1. The van der Waals surface area contributed by atoms with Gasteiger partial charge in [-0.3, -0.25) is 4.79 Å². The van der Waals surface area contributed by atoms with Crippen molar-refractivity contribution in [1.29, 1.82) is 0 Å². The molecule has 0 amide bonds. The van der Waals surface area contributed by atoms with E-state index in [0.29, 0.717) is 17.1 Å². The number of nitrogens with two attached hydrogens (primary N) is 1. The van der Waals surface area contributed by atoms with E-state index in [0.717, 1.165) is 31.6 Å². The molecule has 1 saturated heterocycles. The maximum atomic E-state index is 11.1. The zero-order valence-corrected chi connectivity index (χ0v) is 11.8. The number of hydrogen-bond donors (Lipinski definition) is 2. The Morgan fingerprint density at radius 1 is 1.25 bits per heavy atom. The molecule has 1 aromatic rings. The summed E-state index contributed by atoms with van der Waals surface area (Å²) >= 11 is 0. The summed E-state index contributed by atoms with van der Waals surface area (Å²) in [5.41, 5.74) is 7.03. The van der Waals surface area contributed by atoms with Crippen molar-refractivity contribution in [2.75, 3.05) is 32.2 Å². The van der Waals surface area contributed by atoms with Crippen LogP contribution in [0.15, 0.2) is 12.1 Å². The van der Waals surface area contributed by atoms with Gasteiger partial charge in [0.25, 0.3) is 0 Å². The highest BCUT2D eigenvalue weighted by Gasteiger charge is 2.24. The number of anilines is 1. The highest BCUT2D eigenvalue weighted by molar-refractivity contribution is 5.78. The van der Waals surface area contributed by atoms with Gasteiger partial charge in [-0.25, -0.2) is 0 Å². The minimum atomic E-state index is -1.13. The molecular formula is C14H20N2O4. The second kappa shape index (κ2) is 6.00. The molecule has 0 bridgehead atoms. The average molecular weight is 280 g/mol. The van der Waals surface area contributed by atoms with Crippen LogP contribution in [-0.4, -0.2) is 38.4 Å². The van der Waals surface area contributed by atoms with Crippen molar-refractivity contribution in [3.8, 4) is 11.5 Å². The van der Waals surface area contributed by atoms with E-state index in [1.807, 2.05) is 6.07 Å². The third-order valence-corrected chi connectivity index (χ3v) is 3.58. The minimum Gasteiger partial charge on any atom is -0.496 e. The Morgan fingerprint density at radius 3 is 2.35 bits per heavy atom. The van der Waals surface area contributed by atoms with Gasteiger partial charge in [0.05, 0.1) is 19.9 Å². The van der Waals surface area contributed by atoms with E-state index in [4.69, 9.17) is 20.3 Å². The van der Waals surface area contributed by atoms with Gasteiger partial charge in [-0.15, -0.1) is 0 Å². The van der Waals surface area contributed by atoms with Crippen molar-refractivity contribution in [2.24, 2.45) is 5.73 Å². The number of nitrogens with zero attached hydrogens (tertiary/aromatic N) is 1. The first-order valence-electron chi connectivity index (χ1n) is 6.57. The Hall–Kier alpha value is -1.95. The normalized spacial score (nSPS) is 16.1. The van der Waals surface area contributed by atoms with Gasteiger partial charge in [-0.05, 0) is 18.9 Å². The highest BCUT2D eigenvalue weighted by Crippen LogP contribution is 2.38. The molecule has 0 saturated carbocycles. The summed E-state index contributed by atoms with van der Waals surface area (Å²) in [6.45, 7) is 1.92. The molecule has 1 heterocycles. The summed E-state index contributed by atoms with van der Waals surface area (Å²) < 4.78 is 10.7. The van der Waals surface area contributed by atoms with Crippen molar-refractivity contribution >= 4 is 11.7 Å². The molecule has 0 spiro atoms. The third kappa shape index (κ3) is 2.65. The second-order valence-electron chi connectivity index (χ2n) is 4.78. The molecule has 1 fully saturated rings. The number of benzene rings is 1. The average Bonchev–Trinajstić information content (AvgIpc) is 2.98. The van der Waals surface area contributed by atoms with Gasteiger partial charge in [0.1, 0.15) is 17.5 Å². The topological polar surface area (TPSA) is 85.0 Å². The number of aliphatic carboxylic acids is 1. The summed E-state index contributed by atoms with van der Waals surface area (Å²) in [5, 5.41) is 9.07. The zero-order chi connectivity index (χ0) is 14.7. The van der Waals surface area contributed by atoms with Gasteiger partial charge in [0, 0.05) is 24.7 Å². The molecule has 2 rings (SSSR count). The predicted molar refractivity (Wildman–Crippen MR) is 75.6 cm³/mol. The number of hydrogen-bond acceptors (Lipinski definition) is 5. The van der Waals surface area contributed by atoms with Gasteiger partial charge in [0.15, 0.2) is 0 Å². The van der Waals surface area contributed by atoms with Crippen LogP contribution in [0.1, 0.15) is 24.4 Å². The van der Waals surface area contributed by atoms with Gasteiger partial charge in [-0.1, -0.05) is 0 Å². The Kier molecular flexibility index (Phi) is 4.34. The minimum absolute atomic E-state index is 0.416. The van der Waals surface area contributed by atoms with Crippen LogP contribution >= 0.6 is 0 Å².